The van der Waals surface area contributed by atoms with Gasteiger partial charge < -0.3 is 15.4 Å². The Balaban J connectivity index is 1.86. The maximum atomic E-state index is 12.1. The minimum absolute atomic E-state index is 0.0198. The summed E-state index contributed by atoms with van der Waals surface area (Å²) in [5.74, 6) is 0.556. The number of methoxy groups -OCH3 is 1. The maximum absolute atomic E-state index is 12.1. The van der Waals surface area contributed by atoms with E-state index in [1.54, 1.807) is 25.3 Å². The number of amides is 1. The van der Waals surface area contributed by atoms with Crippen LogP contribution in [0.25, 0.3) is 0 Å². The number of hydrogen-bond acceptors (Lipinski definition) is 3. The largest absolute Gasteiger partial charge is 0.495 e. The lowest BCUT2D eigenvalue weighted by molar-refractivity contribution is -0.116. The summed E-state index contributed by atoms with van der Waals surface area (Å²) in [6.07, 6.45) is 5.47. The van der Waals surface area contributed by atoms with Crippen LogP contribution >= 0.6 is 11.6 Å². The number of halogens is 1. The first-order valence-electron chi connectivity index (χ1n) is 7.48. The summed E-state index contributed by atoms with van der Waals surface area (Å²) in [4.78, 5) is 12.1. The van der Waals surface area contributed by atoms with Crippen molar-refractivity contribution in [3.05, 3.63) is 23.2 Å². The highest BCUT2D eigenvalue weighted by atomic mass is 35.5. The summed E-state index contributed by atoms with van der Waals surface area (Å²) >= 11 is 5.91. The molecule has 4 nitrogen and oxygen atoms in total. The van der Waals surface area contributed by atoms with Crippen LogP contribution in [-0.2, 0) is 4.79 Å². The fourth-order valence-corrected chi connectivity index (χ4v) is 2.96. The standard InChI is InChI=1S/C16H23ClN2O2/c1-11(18-13-5-3-4-6-13)9-16(20)19-14-8-7-12(17)10-15(14)21-2/h7-8,10-11,13,18H,3-6,9H2,1-2H3,(H,19,20). The second kappa shape index (κ2) is 7.66. The van der Waals surface area contributed by atoms with Crippen molar-refractivity contribution in [1.29, 1.82) is 0 Å². The van der Waals surface area contributed by atoms with Crippen LogP contribution in [0.5, 0.6) is 5.75 Å². The van der Waals surface area contributed by atoms with Gasteiger partial charge >= 0.3 is 0 Å². The van der Waals surface area contributed by atoms with Crippen molar-refractivity contribution >= 4 is 23.2 Å². The molecule has 21 heavy (non-hydrogen) atoms. The monoisotopic (exact) mass is 310 g/mol. The first kappa shape index (κ1) is 16.1. The zero-order valence-electron chi connectivity index (χ0n) is 12.6. The van der Waals surface area contributed by atoms with E-state index in [1.165, 1.54) is 25.7 Å². The van der Waals surface area contributed by atoms with Crippen LogP contribution in [0.15, 0.2) is 18.2 Å². The first-order valence-corrected chi connectivity index (χ1v) is 7.85. The van der Waals surface area contributed by atoms with E-state index < -0.39 is 0 Å². The second-order valence-corrected chi connectivity index (χ2v) is 6.08. The fraction of sp³-hybridized carbons (Fsp3) is 0.562. The highest BCUT2D eigenvalue weighted by Crippen LogP contribution is 2.28. The summed E-state index contributed by atoms with van der Waals surface area (Å²) in [5.41, 5.74) is 0.653. The molecule has 1 fully saturated rings. The average molecular weight is 311 g/mol. The van der Waals surface area contributed by atoms with Crippen molar-refractivity contribution in [2.24, 2.45) is 0 Å². The summed E-state index contributed by atoms with van der Waals surface area (Å²) < 4.78 is 5.22. The van der Waals surface area contributed by atoms with Gasteiger partial charge in [0.15, 0.2) is 0 Å². The number of anilines is 1. The molecule has 0 spiro atoms. The van der Waals surface area contributed by atoms with Gasteiger partial charge in [-0.15, -0.1) is 0 Å². The van der Waals surface area contributed by atoms with E-state index >= 15 is 0 Å². The van der Waals surface area contributed by atoms with Crippen molar-refractivity contribution in [3.8, 4) is 5.75 Å². The highest BCUT2D eigenvalue weighted by molar-refractivity contribution is 6.30. The summed E-state index contributed by atoms with van der Waals surface area (Å²) in [5, 5.41) is 6.99. The Labute approximate surface area is 131 Å². The van der Waals surface area contributed by atoms with Crippen LogP contribution in [0.1, 0.15) is 39.0 Å². The highest BCUT2D eigenvalue weighted by Gasteiger charge is 2.18. The Morgan fingerprint density at radius 3 is 2.81 bits per heavy atom. The smallest absolute Gasteiger partial charge is 0.226 e. The quantitative estimate of drug-likeness (QED) is 0.844. The number of nitrogens with one attached hydrogen (secondary N) is 2. The molecule has 0 bridgehead atoms. The van der Waals surface area contributed by atoms with Gasteiger partial charge in [0.25, 0.3) is 0 Å². The molecule has 1 aromatic rings. The van der Waals surface area contributed by atoms with E-state index in [0.717, 1.165) is 0 Å². The molecule has 0 aliphatic heterocycles. The van der Waals surface area contributed by atoms with Gasteiger partial charge in [-0.2, -0.15) is 0 Å². The molecule has 1 saturated carbocycles. The predicted molar refractivity (Wildman–Crippen MR) is 86.1 cm³/mol. The van der Waals surface area contributed by atoms with Crippen molar-refractivity contribution in [3.63, 3.8) is 0 Å². The fourth-order valence-electron chi connectivity index (χ4n) is 2.80. The van der Waals surface area contributed by atoms with Crippen molar-refractivity contribution in [2.45, 2.75) is 51.1 Å². The van der Waals surface area contributed by atoms with Gasteiger partial charge in [0.05, 0.1) is 12.8 Å². The number of benzene rings is 1. The van der Waals surface area contributed by atoms with Crippen molar-refractivity contribution < 1.29 is 9.53 Å². The van der Waals surface area contributed by atoms with E-state index in [9.17, 15) is 4.79 Å². The van der Waals surface area contributed by atoms with Crippen LogP contribution in [0.3, 0.4) is 0 Å². The molecule has 0 radical (unpaired) electrons. The van der Waals surface area contributed by atoms with Gasteiger partial charge in [-0.05, 0) is 31.9 Å². The van der Waals surface area contributed by atoms with E-state index in [4.69, 9.17) is 16.3 Å². The maximum Gasteiger partial charge on any atom is 0.226 e. The molecule has 1 amide bonds. The minimum Gasteiger partial charge on any atom is -0.495 e. The van der Waals surface area contributed by atoms with Gasteiger partial charge in [-0.3, -0.25) is 4.79 Å². The third-order valence-electron chi connectivity index (χ3n) is 3.80. The summed E-state index contributed by atoms with van der Waals surface area (Å²) in [6.45, 7) is 2.05. The normalized spacial score (nSPS) is 16.7. The molecule has 1 unspecified atom stereocenters. The molecular weight excluding hydrogens is 288 g/mol. The molecule has 1 aromatic carbocycles. The molecule has 5 heteroatoms. The molecule has 0 heterocycles. The molecule has 1 atom stereocenters. The zero-order chi connectivity index (χ0) is 15.2. The molecule has 0 saturated heterocycles. The summed E-state index contributed by atoms with van der Waals surface area (Å²) in [6, 6.07) is 5.93. The van der Waals surface area contributed by atoms with E-state index in [-0.39, 0.29) is 11.9 Å². The van der Waals surface area contributed by atoms with Crippen LogP contribution < -0.4 is 15.4 Å². The Morgan fingerprint density at radius 1 is 1.43 bits per heavy atom. The molecule has 1 aliphatic carbocycles. The number of rotatable bonds is 6. The molecule has 1 aliphatic rings. The Morgan fingerprint density at radius 2 is 2.14 bits per heavy atom. The first-order chi connectivity index (χ1) is 10.1. The Hall–Kier alpha value is -1.26. The van der Waals surface area contributed by atoms with Gasteiger partial charge in [0.2, 0.25) is 5.91 Å². The molecular formula is C16H23ClN2O2. The predicted octanol–water partition coefficient (Wildman–Crippen LogP) is 3.60. The average Bonchev–Trinajstić information content (AvgIpc) is 2.93. The van der Waals surface area contributed by atoms with Crippen molar-refractivity contribution in [2.75, 3.05) is 12.4 Å². The topological polar surface area (TPSA) is 50.4 Å². The van der Waals surface area contributed by atoms with E-state index in [2.05, 4.69) is 17.6 Å². The molecule has 0 aromatic heterocycles. The lowest BCUT2D eigenvalue weighted by atomic mass is 10.1. The molecule has 2 N–H and O–H groups in total. The van der Waals surface area contributed by atoms with Gasteiger partial charge in [-0.25, -0.2) is 0 Å². The third-order valence-corrected chi connectivity index (χ3v) is 4.04. The van der Waals surface area contributed by atoms with Crippen LogP contribution in [0, 0.1) is 0 Å². The SMILES string of the molecule is COc1cc(Cl)ccc1NC(=O)CC(C)NC1CCCC1. The second-order valence-electron chi connectivity index (χ2n) is 5.65. The van der Waals surface area contributed by atoms with Gasteiger partial charge in [0.1, 0.15) is 5.75 Å². The van der Waals surface area contributed by atoms with E-state index in [1.807, 2.05) is 0 Å². The van der Waals surface area contributed by atoms with Gasteiger partial charge in [0, 0.05) is 29.6 Å². The van der Waals surface area contributed by atoms with Gasteiger partial charge in [-0.1, -0.05) is 24.4 Å². The van der Waals surface area contributed by atoms with Crippen LogP contribution in [-0.4, -0.2) is 25.1 Å². The zero-order valence-corrected chi connectivity index (χ0v) is 13.4. The van der Waals surface area contributed by atoms with Crippen LogP contribution in [0.2, 0.25) is 5.02 Å². The molecule has 2 rings (SSSR count). The Kier molecular flexibility index (Phi) is 5.88. The molecule has 116 valence electrons. The van der Waals surface area contributed by atoms with Crippen LogP contribution in [0.4, 0.5) is 5.69 Å². The number of ether oxygens (including phenoxy) is 1. The van der Waals surface area contributed by atoms with E-state index in [0.29, 0.717) is 28.9 Å². The minimum atomic E-state index is -0.0198. The lowest BCUT2D eigenvalue weighted by Crippen LogP contribution is -2.37. The summed E-state index contributed by atoms with van der Waals surface area (Å²) in [7, 11) is 1.56. The lowest BCUT2D eigenvalue weighted by Gasteiger charge is -2.19. The van der Waals surface area contributed by atoms with Crippen molar-refractivity contribution in [1.82, 2.24) is 5.32 Å². The number of hydrogen-bond donors (Lipinski definition) is 2. The number of carbonyl (C=O) groups excluding carboxylic acids is 1. The Bertz CT molecular complexity index is 487. The third kappa shape index (κ3) is 4.90. The number of carbonyl (C=O) groups is 1.